The molecule has 0 radical (unpaired) electrons. The van der Waals surface area contributed by atoms with Gasteiger partial charge in [0.1, 0.15) is 11.8 Å². The second-order valence-electron chi connectivity index (χ2n) is 2.14. The van der Waals surface area contributed by atoms with Gasteiger partial charge in [0, 0.05) is 6.42 Å². The van der Waals surface area contributed by atoms with E-state index >= 15 is 0 Å². The zero-order valence-corrected chi connectivity index (χ0v) is 3.59. The van der Waals surface area contributed by atoms with Crippen LogP contribution in [0.25, 0.3) is 0 Å². The molecule has 3 aliphatic carbocycles. The van der Waals surface area contributed by atoms with E-state index in [1.165, 1.54) is 6.42 Å². The Labute approximate surface area is 37.9 Å². The molecule has 0 nitrogen and oxygen atoms in total. The van der Waals surface area contributed by atoms with Crippen molar-refractivity contribution in [3.05, 3.63) is 18.6 Å². The maximum Gasteiger partial charge on any atom is 0.121 e. The smallest absolute Gasteiger partial charge is 0.0367 e. The number of hydrogen-bond acceptors (Lipinski definition) is 0. The van der Waals surface area contributed by atoms with Gasteiger partial charge in [-0.25, -0.2) is 0 Å². The first-order chi connectivity index (χ1) is 2.95. The molecule has 2 bridgehead atoms. The fourth-order valence-electron chi connectivity index (χ4n) is 1.16. The fourth-order valence-corrected chi connectivity index (χ4v) is 1.16. The molecular formula is C6H7+. The highest BCUT2D eigenvalue weighted by Crippen LogP contribution is 2.40. The standard InChI is InChI=1S/C6H7/c1-2-6-3-5(1)4-6/h1-3,5-6H,4H2/q+1. The van der Waals surface area contributed by atoms with Crippen molar-refractivity contribution in [1.82, 2.24) is 0 Å². The highest BCUT2D eigenvalue weighted by Gasteiger charge is 2.41. The van der Waals surface area contributed by atoms with Gasteiger partial charge >= 0.3 is 0 Å². The van der Waals surface area contributed by atoms with E-state index in [0.29, 0.717) is 0 Å². The Bertz CT molecular complexity index is 76.2. The second-order valence-corrected chi connectivity index (χ2v) is 2.14. The first-order valence-electron chi connectivity index (χ1n) is 2.48. The zero-order valence-electron chi connectivity index (χ0n) is 3.59. The van der Waals surface area contributed by atoms with Gasteiger partial charge in [0.25, 0.3) is 0 Å². The molecule has 2 atom stereocenters. The van der Waals surface area contributed by atoms with Gasteiger partial charge in [0.15, 0.2) is 0 Å². The van der Waals surface area contributed by atoms with Gasteiger partial charge in [-0.1, -0.05) is 0 Å². The Morgan fingerprint density at radius 1 is 1.33 bits per heavy atom. The van der Waals surface area contributed by atoms with Gasteiger partial charge in [0.05, 0.1) is 6.42 Å². The van der Waals surface area contributed by atoms with E-state index in [-0.39, 0.29) is 0 Å². The van der Waals surface area contributed by atoms with E-state index in [2.05, 4.69) is 18.6 Å². The van der Waals surface area contributed by atoms with Gasteiger partial charge in [-0.2, -0.15) is 0 Å². The third-order valence-corrected chi connectivity index (χ3v) is 1.64. The molecule has 2 unspecified atom stereocenters. The van der Waals surface area contributed by atoms with Crippen LogP contribution in [0, 0.1) is 18.3 Å². The third-order valence-electron chi connectivity index (χ3n) is 1.64. The summed E-state index contributed by atoms with van der Waals surface area (Å²) in [6, 6.07) is 0. The lowest BCUT2D eigenvalue weighted by molar-refractivity contribution is 0.466. The Kier molecular flexibility index (Phi) is 0.296. The summed E-state index contributed by atoms with van der Waals surface area (Å²) < 4.78 is 0. The summed E-state index contributed by atoms with van der Waals surface area (Å²) in [5, 5.41) is 0. The van der Waals surface area contributed by atoms with Crippen LogP contribution in [0.4, 0.5) is 0 Å². The maximum atomic E-state index is 2.39. The predicted octanol–water partition coefficient (Wildman–Crippen LogP) is 1.40. The molecule has 3 aliphatic rings. The van der Waals surface area contributed by atoms with Gasteiger partial charge in [-0.15, -0.1) is 0 Å². The van der Waals surface area contributed by atoms with Crippen molar-refractivity contribution in [3.8, 4) is 0 Å². The Hall–Kier alpha value is -0.390. The van der Waals surface area contributed by atoms with Crippen molar-refractivity contribution < 1.29 is 0 Å². The maximum absolute atomic E-state index is 2.39. The number of hydrogen-bond donors (Lipinski definition) is 0. The normalized spacial score (nSPS) is 48.0. The Balaban J connectivity index is 2.32. The van der Waals surface area contributed by atoms with Crippen molar-refractivity contribution in [1.29, 1.82) is 0 Å². The summed E-state index contributed by atoms with van der Waals surface area (Å²) in [5.41, 5.74) is 0. The van der Waals surface area contributed by atoms with Crippen molar-refractivity contribution in [2.24, 2.45) is 11.8 Å². The molecule has 0 aromatic carbocycles. The number of rotatable bonds is 0. The van der Waals surface area contributed by atoms with Crippen LogP contribution in [0.5, 0.6) is 0 Å². The second kappa shape index (κ2) is 0.651. The minimum absolute atomic E-state index is 0.884. The summed E-state index contributed by atoms with van der Waals surface area (Å²) in [6.07, 6.45) is 8.40. The minimum atomic E-state index is 0.884. The molecule has 3 rings (SSSR count). The summed E-state index contributed by atoms with van der Waals surface area (Å²) in [5.74, 6) is 1.77. The molecule has 0 spiro atoms. The summed E-state index contributed by atoms with van der Waals surface area (Å²) in [6.45, 7) is 0. The minimum Gasteiger partial charge on any atom is -0.0367 e. The summed E-state index contributed by atoms with van der Waals surface area (Å²) in [4.78, 5) is 0. The van der Waals surface area contributed by atoms with Crippen LogP contribution in [0.1, 0.15) is 6.42 Å². The topological polar surface area (TPSA) is 0 Å². The van der Waals surface area contributed by atoms with E-state index in [0.717, 1.165) is 11.8 Å². The van der Waals surface area contributed by atoms with Crippen LogP contribution < -0.4 is 0 Å². The molecule has 1 saturated carbocycles. The monoisotopic (exact) mass is 79.1 g/mol. The quantitative estimate of drug-likeness (QED) is 0.304. The largest absolute Gasteiger partial charge is 0.121 e. The number of allylic oxidation sites excluding steroid dienone is 2. The van der Waals surface area contributed by atoms with Gasteiger partial charge in [0.2, 0.25) is 0 Å². The zero-order chi connectivity index (χ0) is 3.98. The Morgan fingerprint density at radius 3 is 2.00 bits per heavy atom. The molecular weight excluding hydrogens is 72.1 g/mol. The molecule has 0 heterocycles. The summed E-state index contributed by atoms with van der Waals surface area (Å²) in [7, 11) is 0. The Morgan fingerprint density at radius 2 is 1.83 bits per heavy atom. The van der Waals surface area contributed by atoms with Crippen LogP contribution in [0.3, 0.4) is 0 Å². The lowest BCUT2D eigenvalue weighted by Gasteiger charge is -2.09. The van der Waals surface area contributed by atoms with Crippen LogP contribution >= 0.6 is 0 Å². The molecule has 6 heavy (non-hydrogen) atoms. The SMILES string of the molecule is C1=CC2[CH+]C1C2. The van der Waals surface area contributed by atoms with E-state index < -0.39 is 0 Å². The van der Waals surface area contributed by atoms with Gasteiger partial charge < -0.3 is 0 Å². The predicted molar refractivity (Wildman–Crippen MR) is 25.0 cm³/mol. The average molecular weight is 79.1 g/mol. The van der Waals surface area contributed by atoms with Gasteiger partial charge in [-0.3, -0.25) is 0 Å². The molecule has 0 aliphatic heterocycles. The molecule has 0 saturated heterocycles. The molecule has 0 N–H and O–H groups in total. The molecule has 1 fully saturated rings. The van der Waals surface area contributed by atoms with E-state index in [1.54, 1.807) is 0 Å². The van der Waals surface area contributed by atoms with Gasteiger partial charge in [-0.05, 0) is 12.2 Å². The lowest BCUT2D eigenvalue weighted by Crippen LogP contribution is -2.12. The average Bonchev–Trinajstić information content (AvgIpc) is 1.72. The van der Waals surface area contributed by atoms with Crippen LogP contribution in [-0.4, -0.2) is 0 Å². The van der Waals surface area contributed by atoms with Crippen LogP contribution in [0.15, 0.2) is 12.2 Å². The van der Waals surface area contributed by atoms with Crippen LogP contribution in [-0.2, 0) is 0 Å². The lowest BCUT2D eigenvalue weighted by atomic mass is 9.83. The molecule has 0 aromatic heterocycles. The third kappa shape index (κ3) is 0.155. The molecule has 0 amide bonds. The van der Waals surface area contributed by atoms with Crippen LogP contribution in [0.2, 0.25) is 0 Å². The van der Waals surface area contributed by atoms with E-state index in [4.69, 9.17) is 0 Å². The van der Waals surface area contributed by atoms with Crippen molar-refractivity contribution in [2.75, 3.05) is 0 Å². The summed E-state index contributed by atoms with van der Waals surface area (Å²) >= 11 is 0. The first-order valence-corrected chi connectivity index (χ1v) is 2.48. The fraction of sp³-hybridized carbons (Fsp3) is 0.500. The highest BCUT2D eigenvalue weighted by molar-refractivity contribution is 5.21. The van der Waals surface area contributed by atoms with Crippen molar-refractivity contribution >= 4 is 0 Å². The van der Waals surface area contributed by atoms with E-state index in [9.17, 15) is 0 Å². The van der Waals surface area contributed by atoms with Crippen molar-refractivity contribution in [2.45, 2.75) is 6.42 Å². The van der Waals surface area contributed by atoms with Crippen molar-refractivity contribution in [3.63, 3.8) is 0 Å². The highest BCUT2D eigenvalue weighted by atomic mass is 14.3. The molecule has 0 aromatic rings. The first kappa shape index (κ1) is 2.73. The van der Waals surface area contributed by atoms with E-state index in [1.807, 2.05) is 0 Å². The molecule has 30 valence electrons. The molecule has 0 heteroatoms.